The number of imidazole rings is 1. The number of carbonyl (C=O) groups excluding carboxylic acids is 1. The molecule has 0 bridgehead atoms. The lowest BCUT2D eigenvalue weighted by atomic mass is 9.91. The molecule has 15 nitrogen and oxygen atoms in total. The Balaban J connectivity index is 1.04. The zero-order chi connectivity index (χ0) is 33.7. The van der Waals surface area contributed by atoms with Gasteiger partial charge in [-0.2, -0.15) is 5.10 Å². The summed E-state index contributed by atoms with van der Waals surface area (Å²) in [5.41, 5.74) is 14.7. The molecule has 0 unspecified atom stereocenters. The highest BCUT2D eigenvalue weighted by atomic mass is 16.6. The van der Waals surface area contributed by atoms with Crippen molar-refractivity contribution < 1.29 is 23.7 Å². The Labute approximate surface area is 279 Å². The number of H-pyrrole nitrogens is 1. The van der Waals surface area contributed by atoms with Crippen molar-refractivity contribution in [1.29, 1.82) is 0 Å². The average molecular weight is 666 g/mol. The average Bonchev–Trinajstić information content (AvgIpc) is 3.65. The van der Waals surface area contributed by atoms with Gasteiger partial charge in [0.2, 0.25) is 5.91 Å². The van der Waals surface area contributed by atoms with Gasteiger partial charge in [-0.3, -0.25) is 14.0 Å². The summed E-state index contributed by atoms with van der Waals surface area (Å²) in [7, 11) is 0. The van der Waals surface area contributed by atoms with Crippen LogP contribution in [-0.4, -0.2) is 112 Å². The van der Waals surface area contributed by atoms with E-state index in [-0.39, 0.29) is 23.5 Å². The minimum Gasteiger partial charge on any atom is -0.382 e. The van der Waals surface area contributed by atoms with E-state index < -0.39 is 0 Å². The Kier molecular flexibility index (Phi) is 13.1. The van der Waals surface area contributed by atoms with Gasteiger partial charge in [-0.15, -0.1) is 0 Å². The van der Waals surface area contributed by atoms with Gasteiger partial charge < -0.3 is 40.3 Å². The molecule has 4 aromatic rings. The molecule has 260 valence electrons. The molecule has 3 heterocycles. The number of anilines is 1. The first kappa shape index (κ1) is 35.2. The molecule has 1 aromatic carbocycles. The van der Waals surface area contributed by atoms with Gasteiger partial charge in [0.05, 0.1) is 78.1 Å². The van der Waals surface area contributed by atoms with Crippen molar-refractivity contribution in [2.45, 2.75) is 51.7 Å². The highest BCUT2D eigenvalue weighted by Crippen LogP contribution is 2.26. The molecule has 3 aromatic heterocycles. The molecule has 15 heteroatoms. The first-order valence-corrected chi connectivity index (χ1v) is 16.6. The summed E-state index contributed by atoms with van der Waals surface area (Å²) in [5.74, 6) is 0.864. The van der Waals surface area contributed by atoms with Crippen molar-refractivity contribution in [3.8, 4) is 11.3 Å². The van der Waals surface area contributed by atoms with Crippen LogP contribution in [0.3, 0.4) is 0 Å². The molecular weight excluding hydrogens is 618 g/mol. The fourth-order valence-electron chi connectivity index (χ4n) is 5.48. The number of aromatic amines is 1. The number of nitrogen functional groups attached to an aromatic ring is 1. The molecule has 1 amide bonds. The van der Waals surface area contributed by atoms with Crippen LogP contribution < -0.4 is 17.2 Å². The van der Waals surface area contributed by atoms with Crippen LogP contribution in [0, 0.1) is 6.92 Å². The van der Waals surface area contributed by atoms with Crippen LogP contribution in [0.2, 0.25) is 0 Å². The minimum absolute atomic E-state index is 0.104. The van der Waals surface area contributed by atoms with Crippen LogP contribution in [-0.2, 0) is 36.8 Å². The second-order valence-electron chi connectivity index (χ2n) is 11.7. The van der Waals surface area contributed by atoms with Crippen molar-refractivity contribution >= 4 is 22.9 Å². The summed E-state index contributed by atoms with van der Waals surface area (Å²) in [6.07, 6.45) is 5.48. The van der Waals surface area contributed by atoms with Gasteiger partial charge in [0.25, 0.3) is 0 Å². The van der Waals surface area contributed by atoms with E-state index in [1.165, 1.54) is 0 Å². The Bertz CT molecular complexity index is 1650. The lowest BCUT2D eigenvalue weighted by molar-refractivity contribution is -0.136. The molecular formula is C33H47N9O6. The highest BCUT2D eigenvalue weighted by Gasteiger charge is 2.28. The third-order valence-corrected chi connectivity index (χ3v) is 8.24. The molecule has 5 N–H and O–H groups in total. The smallest absolute Gasteiger partial charge is 0.328 e. The van der Waals surface area contributed by atoms with Gasteiger partial charge >= 0.3 is 5.69 Å². The van der Waals surface area contributed by atoms with E-state index >= 15 is 0 Å². The second-order valence-corrected chi connectivity index (χ2v) is 11.7. The molecule has 0 radical (unpaired) electrons. The number of nitrogens with zero attached hydrogens (tertiary/aromatic N) is 6. The highest BCUT2D eigenvalue weighted by molar-refractivity contribution is 5.81. The first-order valence-electron chi connectivity index (χ1n) is 16.6. The predicted octanol–water partition coefficient (Wildman–Crippen LogP) is 1.72. The van der Waals surface area contributed by atoms with E-state index in [1.807, 2.05) is 46.1 Å². The van der Waals surface area contributed by atoms with E-state index in [1.54, 1.807) is 11.5 Å². The largest absolute Gasteiger partial charge is 0.382 e. The van der Waals surface area contributed by atoms with Gasteiger partial charge in [-0.25, -0.2) is 14.8 Å². The van der Waals surface area contributed by atoms with Crippen LogP contribution in [0.5, 0.6) is 0 Å². The SMILES string of the molecule is Cc1nc(N)c2[nH]c(=O)n(Cc3ccc(-c4ccn(CCN(C(=O)CCOCCOCCOCCOCCN)C5CCC5)n4)cc3)c2n1. The van der Waals surface area contributed by atoms with Gasteiger partial charge in [0, 0.05) is 30.9 Å². The summed E-state index contributed by atoms with van der Waals surface area (Å²) < 4.78 is 25.3. The zero-order valence-corrected chi connectivity index (χ0v) is 27.6. The van der Waals surface area contributed by atoms with Crippen molar-refractivity contribution in [3.63, 3.8) is 0 Å². The minimum atomic E-state index is -0.287. The number of rotatable bonds is 21. The van der Waals surface area contributed by atoms with Crippen molar-refractivity contribution in [1.82, 2.24) is 34.2 Å². The molecule has 5 rings (SSSR count). The zero-order valence-electron chi connectivity index (χ0n) is 27.6. The van der Waals surface area contributed by atoms with Crippen LogP contribution in [0.4, 0.5) is 5.82 Å². The number of fused-ring (bicyclic) bond motifs is 1. The summed E-state index contributed by atoms with van der Waals surface area (Å²) in [4.78, 5) is 39.0. The summed E-state index contributed by atoms with van der Waals surface area (Å²) in [6, 6.07) is 10.2. The van der Waals surface area contributed by atoms with Crippen LogP contribution in [0.1, 0.15) is 37.1 Å². The predicted molar refractivity (Wildman–Crippen MR) is 180 cm³/mol. The number of aryl methyl sites for hydroxylation is 1. The monoisotopic (exact) mass is 665 g/mol. The maximum Gasteiger partial charge on any atom is 0.328 e. The molecule has 0 atom stereocenters. The molecule has 1 fully saturated rings. The fraction of sp³-hybridized carbons (Fsp3) is 0.545. The third-order valence-electron chi connectivity index (χ3n) is 8.24. The first-order chi connectivity index (χ1) is 23.4. The topological polar surface area (TPSA) is 191 Å². The number of hydrogen-bond donors (Lipinski definition) is 3. The van der Waals surface area contributed by atoms with E-state index in [0.29, 0.717) is 102 Å². The quantitative estimate of drug-likeness (QED) is 0.110. The van der Waals surface area contributed by atoms with Crippen LogP contribution in [0.15, 0.2) is 41.3 Å². The van der Waals surface area contributed by atoms with Crippen molar-refractivity contribution in [2.24, 2.45) is 5.73 Å². The third kappa shape index (κ3) is 9.70. The van der Waals surface area contributed by atoms with Gasteiger partial charge in [-0.05, 0) is 37.8 Å². The van der Waals surface area contributed by atoms with E-state index in [0.717, 1.165) is 36.1 Å². The number of benzene rings is 1. The number of nitrogens with one attached hydrogen (secondary N) is 1. The van der Waals surface area contributed by atoms with E-state index in [4.69, 9.17) is 35.5 Å². The molecule has 0 aliphatic heterocycles. The number of carbonyl (C=O) groups is 1. The van der Waals surface area contributed by atoms with Crippen LogP contribution in [0.25, 0.3) is 22.4 Å². The van der Waals surface area contributed by atoms with Gasteiger partial charge in [0.15, 0.2) is 11.5 Å². The maximum absolute atomic E-state index is 13.1. The number of aromatic nitrogens is 6. The molecule has 48 heavy (non-hydrogen) atoms. The Morgan fingerprint density at radius 2 is 1.62 bits per heavy atom. The number of amides is 1. The van der Waals surface area contributed by atoms with Crippen molar-refractivity contribution in [3.05, 3.63) is 58.4 Å². The molecule has 1 aliphatic rings. The lowest BCUT2D eigenvalue weighted by Gasteiger charge is -2.37. The number of nitrogens with two attached hydrogens (primary N) is 2. The summed E-state index contributed by atoms with van der Waals surface area (Å²) >= 11 is 0. The Morgan fingerprint density at radius 3 is 2.27 bits per heavy atom. The van der Waals surface area contributed by atoms with Crippen molar-refractivity contribution in [2.75, 3.05) is 71.7 Å². The normalized spacial score (nSPS) is 13.3. The Hall–Kier alpha value is -4.15. The molecule has 1 saturated carbocycles. The Morgan fingerprint density at radius 1 is 0.958 bits per heavy atom. The number of ether oxygens (including phenoxy) is 4. The van der Waals surface area contributed by atoms with Crippen LogP contribution >= 0.6 is 0 Å². The standard InChI is InChI=1S/C33H47N9O6/c1-24-36-31(35)30-32(37-24)42(33(44)38-30)23-25-5-7-26(8-6-25)28-9-12-40(39-28)13-14-41(27-3-2-4-27)29(43)10-15-45-17-19-47-21-22-48-20-18-46-16-11-34/h5-9,12,27H,2-4,10-11,13-23,34H2,1H3,(H,38,44)(H2,35,36,37). The van der Waals surface area contributed by atoms with E-state index in [2.05, 4.69) is 15.0 Å². The maximum atomic E-state index is 13.1. The number of hydrogen-bond acceptors (Lipinski definition) is 11. The van der Waals surface area contributed by atoms with E-state index in [9.17, 15) is 9.59 Å². The fourth-order valence-corrected chi connectivity index (χ4v) is 5.48. The molecule has 0 saturated heterocycles. The second kappa shape index (κ2) is 17.8. The van der Waals surface area contributed by atoms with Gasteiger partial charge in [0.1, 0.15) is 11.3 Å². The lowest BCUT2D eigenvalue weighted by Crippen LogP contribution is -2.46. The summed E-state index contributed by atoms with van der Waals surface area (Å²) in [6.45, 7) is 7.58. The molecule has 1 aliphatic carbocycles. The molecule has 0 spiro atoms. The van der Waals surface area contributed by atoms with Gasteiger partial charge in [-0.1, -0.05) is 24.3 Å². The summed E-state index contributed by atoms with van der Waals surface area (Å²) in [5, 5.41) is 4.76.